The Labute approximate surface area is 212 Å². The van der Waals surface area contributed by atoms with E-state index in [1.54, 1.807) is 12.1 Å². The number of carbonyl (C=O) groups excluding carboxylic acids is 2. The number of rotatable bonds is 10. The summed E-state index contributed by atoms with van der Waals surface area (Å²) in [6.07, 6.45) is 3.71. The lowest BCUT2D eigenvalue weighted by Gasteiger charge is -2.29. The molecule has 2 heterocycles. The van der Waals surface area contributed by atoms with Crippen molar-refractivity contribution in [2.75, 3.05) is 50.8 Å². The van der Waals surface area contributed by atoms with Gasteiger partial charge in [0.25, 0.3) is 5.91 Å². The molecular weight excluding hydrogens is 458 g/mol. The van der Waals surface area contributed by atoms with Crippen LogP contribution in [0.3, 0.4) is 0 Å². The number of benzene rings is 2. The summed E-state index contributed by atoms with van der Waals surface area (Å²) >= 11 is 0. The predicted octanol–water partition coefficient (Wildman–Crippen LogP) is 2.56. The summed E-state index contributed by atoms with van der Waals surface area (Å²) in [6.45, 7) is 5.29. The molecule has 8 heteroatoms. The summed E-state index contributed by atoms with van der Waals surface area (Å²) in [5, 5.41) is 14.0. The average Bonchev–Trinajstić information content (AvgIpc) is 3.59. The minimum absolute atomic E-state index is 0.303. The lowest BCUT2D eigenvalue weighted by Crippen LogP contribution is -2.48. The monoisotopic (exact) mass is 493 g/mol. The maximum atomic E-state index is 13.0. The molecule has 0 unspecified atom stereocenters. The van der Waals surface area contributed by atoms with E-state index in [0.717, 1.165) is 63.3 Å². The van der Waals surface area contributed by atoms with E-state index < -0.39 is 23.8 Å². The van der Waals surface area contributed by atoms with E-state index in [0.29, 0.717) is 37.0 Å². The summed E-state index contributed by atoms with van der Waals surface area (Å²) in [6, 6.07) is 13.9. The maximum absolute atomic E-state index is 13.0. The standard InChI is InChI=1S/C28H35N3O5/c32-26(20-5-9-23(10-6-20)36-24-11-12-24)25(19-30-13-1-2-14-30)29-28(34)27(33)21-3-7-22(8-4-21)31-15-17-35-18-16-31/h3-10,24-26,32H,1-2,11-19H2,(H,29,34)/t25-,26-/m1/s1. The van der Waals surface area contributed by atoms with Crippen LogP contribution in [0.1, 0.15) is 47.7 Å². The lowest BCUT2D eigenvalue weighted by molar-refractivity contribution is -0.118. The smallest absolute Gasteiger partial charge is 0.292 e. The molecule has 0 spiro atoms. The molecule has 3 fully saturated rings. The third-order valence-corrected chi connectivity index (χ3v) is 7.11. The first kappa shape index (κ1) is 24.7. The quantitative estimate of drug-likeness (QED) is 0.388. The largest absolute Gasteiger partial charge is 0.490 e. The van der Waals surface area contributed by atoms with E-state index in [4.69, 9.17) is 9.47 Å². The zero-order valence-corrected chi connectivity index (χ0v) is 20.6. The van der Waals surface area contributed by atoms with Crippen molar-refractivity contribution in [3.8, 4) is 5.75 Å². The number of ether oxygens (including phenoxy) is 2. The molecule has 36 heavy (non-hydrogen) atoms. The van der Waals surface area contributed by atoms with Crippen LogP contribution >= 0.6 is 0 Å². The average molecular weight is 494 g/mol. The Bertz CT molecular complexity index is 1030. The molecule has 2 N–H and O–H groups in total. The lowest BCUT2D eigenvalue weighted by atomic mass is 10.0. The fourth-order valence-corrected chi connectivity index (χ4v) is 4.83. The number of aliphatic hydroxyl groups is 1. The number of carbonyl (C=O) groups is 2. The molecule has 1 amide bonds. The number of hydrogen-bond donors (Lipinski definition) is 2. The van der Waals surface area contributed by atoms with Crippen LogP contribution < -0.4 is 15.0 Å². The first-order chi connectivity index (χ1) is 17.6. The third kappa shape index (κ3) is 6.24. The molecule has 192 valence electrons. The summed E-state index contributed by atoms with van der Waals surface area (Å²) in [5.41, 5.74) is 2.03. The molecule has 2 aromatic carbocycles. The van der Waals surface area contributed by atoms with Crippen molar-refractivity contribution in [3.63, 3.8) is 0 Å². The van der Waals surface area contributed by atoms with Crippen molar-refractivity contribution in [2.24, 2.45) is 0 Å². The molecule has 8 nitrogen and oxygen atoms in total. The summed E-state index contributed by atoms with van der Waals surface area (Å²) in [5.74, 6) is -0.523. The number of morpholine rings is 1. The molecule has 2 aromatic rings. The second-order valence-electron chi connectivity index (χ2n) is 9.89. The molecule has 3 aliphatic rings. The fraction of sp³-hybridized carbons (Fsp3) is 0.500. The number of aliphatic hydroxyl groups excluding tert-OH is 1. The summed E-state index contributed by atoms with van der Waals surface area (Å²) < 4.78 is 11.2. The van der Waals surface area contributed by atoms with E-state index in [9.17, 15) is 14.7 Å². The molecule has 0 radical (unpaired) electrons. The van der Waals surface area contributed by atoms with Gasteiger partial charge in [-0.2, -0.15) is 0 Å². The van der Waals surface area contributed by atoms with Gasteiger partial charge in [-0.15, -0.1) is 0 Å². The number of amides is 1. The van der Waals surface area contributed by atoms with Crippen LogP contribution in [-0.4, -0.2) is 79.8 Å². The summed E-state index contributed by atoms with van der Waals surface area (Å²) in [7, 11) is 0. The normalized spacial score (nSPS) is 20.1. The number of likely N-dealkylation sites (tertiary alicyclic amines) is 1. The second kappa shape index (κ2) is 11.4. The maximum Gasteiger partial charge on any atom is 0.292 e. The molecule has 0 bridgehead atoms. The van der Waals surface area contributed by atoms with Crippen LogP contribution in [-0.2, 0) is 9.53 Å². The van der Waals surface area contributed by atoms with Crippen molar-refractivity contribution in [2.45, 2.75) is 43.9 Å². The van der Waals surface area contributed by atoms with Crippen LogP contribution in [0.5, 0.6) is 5.75 Å². The fourth-order valence-electron chi connectivity index (χ4n) is 4.83. The number of anilines is 1. The topological polar surface area (TPSA) is 91.3 Å². The van der Waals surface area contributed by atoms with E-state index >= 15 is 0 Å². The van der Waals surface area contributed by atoms with Crippen LogP contribution in [0, 0.1) is 0 Å². The van der Waals surface area contributed by atoms with E-state index in [2.05, 4.69) is 15.1 Å². The van der Waals surface area contributed by atoms with Gasteiger partial charge in [0.1, 0.15) is 11.9 Å². The molecule has 5 rings (SSSR count). The van der Waals surface area contributed by atoms with Gasteiger partial charge in [0.2, 0.25) is 5.78 Å². The van der Waals surface area contributed by atoms with Crippen molar-refractivity contribution in [3.05, 3.63) is 59.7 Å². The molecule has 2 aliphatic heterocycles. The van der Waals surface area contributed by atoms with Crippen LogP contribution in [0.15, 0.2) is 48.5 Å². The highest BCUT2D eigenvalue weighted by Crippen LogP contribution is 2.28. The SMILES string of the molecule is O=C(N[C@H](CN1CCCC1)[C@H](O)c1ccc(OC2CC2)cc1)C(=O)c1ccc(N2CCOCC2)cc1. The summed E-state index contributed by atoms with van der Waals surface area (Å²) in [4.78, 5) is 30.4. The van der Waals surface area contributed by atoms with E-state index in [-0.39, 0.29) is 0 Å². The Kier molecular flexibility index (Phi) is 7.84. The van der Waals surface area contributed by atoms with Gasteiger partial charge in [0, 0.05) is 30.9 Å². The second-order valence-corrected chi connectivity index (χ2v) is 9.89. The van der Waals surface area contributed by atoms with Crippen molar-refractivity contribution < 1.29 is 24.2 Å². The van der Waals surface area contributed by atoms with E-state index in [1.807, 2.05) is 36.4 Å². The van der Waals surface area contributed by atoms with Gasteiger partial charge in [0.05, 0.1) is 25.4 Å². The number of hydrogen-bond acceptors (Lipinski definition) is 7. The van der Waals surface area contributed by atoms with Gasteiger partial charge in [-0.25, -0.2) is 0 Å². The first-order valence-electron chi connectivity index (χ1n) is 13.0. The molecule has 1 saturated carbocycles. The van der Waals surface area contributed by atoms with Crippen LogP contribution in [0.25, 0.3) is 0 Å². The van der Waals surface area contributed by atoms with Crippen LogP contribution in [0.4, 0.5) is 5.69 Å². The highest BCUT2D eigenvalue weighted by Gasteiger charge is 2.29. The number of nitrogens with zero attached hydrogens (tertiary/aromatic N) is 2. The first-order valence-corrected chi connectivity index (χ1v) is 13.0. The third-order valence-electron chi connectivity index (χ3n) is 7.11. The highest BCUT2D eigenvalue weighted by atomic mass is 16.5. The number of ketones is 1. The molecule has 0 aromatic heterocycles. The Morgan fingerprint density at radius 1 is 0.972 bits per heavy atom. The number of nitrogens with one attached hydrogen (secondary N) is 1. The van der Waals surface area contributed by atoms with Gasteiger partial charge in [-0.1, -0.05) is 12.1 Å². The zero-order valence-electron chi connectivity index (χ0n) is 20.6. The van der Waals surface area contributed by atoms with Gasteiger partial charge < -0.3 is 29.7 Å². The molecule has 1 aliphatic carbocycles. The predicted molar refractivity (Wildman–Crippen MR) is 136 cm³/mol. The van der Waals surface area contributed by atoms with Crippen molar-refractivity contribution >= 4 is 17.4 Å². The molecule has 2 atom stereocenters. The Hall–Kier alpha value is -2.94. The van der Waals surface area contributed by atoms with Crippen molar-refractivity contribution in [1.82, 2.24) is 10.2 Å². The zero-order chi connectivity index (χ0) is 24.9. The Balaban J connectivity index is 1.25. The van der Waals surface area contributed by atoms with Crippen molar-refractivity contribution in [1.29, 1.82) is 0 Å². The Morgan fingerprint density at radius 2 is 1.64 bits per heavy atom. The highest BCUT2D eigenvalue weighted by molar-refractivity contribution is 6.42. The van der Waals surface area contributed by atoms with Gasteiger partial charge in [-0.3, -0.25) is 9.59 Å². The van der Waals surface area contributed by atoms with E-state index in [1.165, 1.54) is 0 Å². The number of Topliss-reactive ketones (excluding diaryl/α,β-unsaturated/α-hetero) is 1. The molecule has 2 saturated heterocycles. The van der Waals surface area contributed by atoms with Crippen LogP contribution in [0.2, 0.25) is 0 Å². The molecular formula is C28H35N3O5. The minimum atomic E-state index is -0.943. The van der Waals surface area contributed by atoms with Gasteiger partial charge >= 0.3 is 0 Å². The van der Waals surface area contributed by atoms with Gasteiger partial charge in [0.15, 0.2) is 0 Å². The minimum Gasteiger partial charge on any atom is -0.490 e. The van der Waals surface area contributed by atoms with Gasteiger partial charge in [-0.05, 0) is 80.7 Å². The Morgan fingerprint density at radius 3 is 2.28 bits per heavy atom.